The van der Waals surface area contributed by atoms with E-state index in [-0.39, 0.29) is 28.7 Å². The number of nitrogens with zero attached hydrogens (tertiary/aromatic N) is 1. The minimum absolute atomic E-state index is 0.161. The van der Waals surface area contributed by atoms with Gasteiger partial charge in [-0.15, -0.1) is 11.3 Å². The Hall–Kier alpha value is -2.33. The molecule has 1 aliphatic rings. The topological polar surface area (TPSA) is 72.9 Å². The van der Waals surface area contributed by atoms with Crippen molar-refractivity contribution in [3.05, 3.63) is 15.8 Å². The molecule has 0 unspecified atom stereocenters. The first-order valence-electron chi connectivity index (χ1n) is 11.5. The number of amides is 1. The van der Waals surface area contributed by atoms with E-state index in [4.69, 9.17) is 9.47 Å². The van der Waals surface area contributed by atoms with Gasteiger partial charge in [-0.05, 0) is 79.2 Å². The second-order valence-electron chi connectivity index (χ2n) is 10.8. The molecule has 1 aliphatic carbocycles. The molecule has 0 radical (unpaired) electrons. The Labute approximate surface area is 202 Å². The number of hydrogen-bond donors (Lipinski definition) is 0. The molecular formula is C26H37NO5S. The lowest BCUT2D eigenvalue weighted by Gasteiger charge is -2.31. The number of esters is 2. The van der Waals surface area contributed by atoms with E-state index in [0.29, 0.717) is 16.5 Å². The van der Waals surface area contributed by atoms with Gasteiger partial charge in [-0.3, -0.25) is 14.5 Å². The standard InChI is InChI=1S/C26H37NO5S/c1-17-9-11-18(12-10-17)23(29)27(16-21(28)32-26(5,6)7)20-15-19(13-14-25(2,3)4)33-22(20)24(30)31-8/h15,17-18H,9-12,16H2,1-8H3/t17-,18-. The molecule has 6 nitrogen and oxygen atoms in total. The highest BCUT2D eigenvalue weighted by Crippen LogP contribution is 2.35. The van der Waals surface area contributed by atoms with Gasteiger partial charge < -0.3 is 9.47 Å². The van der Waals surface area contributed by atoms with Crippen LogP contribution >= 0.6 is 11.3 Å². The molecule has 0 aromatic carbocycles. The average Bonchev–Trinajstić information content (AvgIpc) is 3.12. The van der Waals surface area contributed by atoms with Crippen LogP contribution < -0.4 is 4.90 Å². The molecule has 0 saturated heterocycles. The number of rotatable bonds is 5. The molecule has 7 heteroatoms. The highest BCUT2D eigenvalue weighted by molar-refractivity contribution is 7.15. The number of methoxy groups -OCH3 is 1. The lowest BCUT2D eigenvalue weighted by Crippen LogP contribution is -2.43. The van der Waals surface area contributed by atoms with E-state index < -0.39 is 17.5 Å². The summed E-state index contributed by atoms with van der Waals surface area (Å²) in [6.07, 6.45) is 3.46. The first-order chi connectivity index (χ1) is 15.2. The van der Waals surface area contributed by atoms with Gasteiger partial charge in [0.25, 0.3) is 0 Å². The Balaban J connectivity index is 2.50. The number of carbonyl (C=O) groups is 3. The lowest BCUT2D eigenvalue weighted by atomic mass is 9.82. The van der Waals surface area contributed by atoms with Gasteiger partial charge >= 0.3 is 11.9 Å². The number of ether oxygens (including phenoxy) is 2. The van der Waals surface area contributed by atoms with E-state index in [2.05, 4.69) is 18.8 Å². The third-order valence-corrected chi connectivity index (χ3v) is 6.29. The monoisotopic (exact) mass is 475 g/mol. The summed E-state index contributed by atoms with van der Waals surface area (Å²) in [5.74, 6) is 5.40. The maximum atomic E-state index is 13.6. The SMILES string of the molecule is COC(=O)c1sc(C#CC(C)(C)C)cc1N(CC(=O)OC(C)(C)C)C(=O)[C@H]1CC[C@H](C)CC1. The molecule has 1 saturated carbocycles. The summed E-state index contributed by atoms with van der Waals surface area (Å²) >= 11 is 1.17. The Bertz CT molecular complexity index is 931. The first-order valence-corrected chi connectivity index (χ1v) is 12.3. The molecule has 0 N–H and O–H groups in total. The van der Waals surface area contributed by atoms with Crippen LogP contribution in [0, 0.1) is 29.1 Å². The largest absolute Gasteiger partial charge is 0.465 e. The van der Waals surface area contributed by atoms with Crippen molar-refractivity contribution in [2.75, 3.05) is 18.6 Å². The van der Waals surface area contributed by atoms with Crippen molar-refractivity contribution in [3.63, 3.8) is 0 Å². The molecule has 0 atom stereocenters. The van der Waals surface area contributed by atoms with Crippen molar-refractivity contribution in [1.29, 1.82) is 0 Å². The summed E-state index contributed by atoms with van der Waals surface area (Å²) in [5, 5.41) is 0. The third kappa shape index (κ3) is 8.19. The van der Waals surface area contributed by atoms with Gasteiger partial charge in [-0.1, -0.05) is 18.8 Å². The smallest absolute Gasteiger partial charge is 0.350 e. The zero-order chi connectivity index (χ0) is 25.0. The molecule has 1 aromatic rings. The Morgan fingerprint density at radius 1 is 1.09 bits per heavy atom. The normalized spacial score (nSPS) is 18.7. The predicted molar refractivity (Wildman–Crippen MR) is 131 cm³/mol. The predicted octanol–water partition coefficient (Wildman–Crippen LogP) is 5.43. The van der Waals surface area contributed by atoms with Crippen LogP contribution in [-0.2, 0) is 19.1 Å². The average molecular weight is 476 g/mol. The van der Waals surface area contributed by atoms with E-state index in [1.54, 1.807) is 26.8 Å². The zero-order valence-electron chi connectivity index (χ0n) is 21.2. The highest BCUT2D eigenvalue weighted by Gasteiger charge is 2.34. The maximum absolute atomic E-state index is 13.6. The van der Waals surface area contributed by atoms with Crippen LogP contribution in [0.1, 0.15) is 88.7 Å². The van der Waals surface area contributed by atoms with Crippen LogP contribution in [0.15, 0.2) is 6.07 Å². The third-order valence-electron chi connectivity index (χ3n) is 5.27. The van der Waals surface area contributed by atoms with E-state index in [1.165, 1.54) is 23.3 Å². The molecule has 2 rings (SSSR count). The highest BCUT2D eigenvalue weighted by atomic mass is 32.1. The van der Waals surface area contributed by atoms with Gasteiger partial charge in [0, 0.05) is 11.3 Å². The molecule has 0 spiro atoms. The number of thiophene rings is 1. The summed E-state index contributed by atoms with van der Waals surface area (Å²) < 4.78 is 10.5. The summed E-state index contributed by atoms with van der Waals surface area (Å²) in [6, 6.07) is 1.71. The van der Waals surface area contributed by atoms with Gasteiger partial charge in [-0.2, -0.15) is 0 Å². The van der Waals surface area contributed by atoms with Crippen molar-refractivity contribution >= 4 is 34.9 Å². The van der Waals surface area contributed by atoms with E-state index in [0.717, 1.165) is 25.7 Å². The maximum Gasteiger partial charge on any atom is 0.350 e. The molecule has 0 aliphatic heterocycles. The van der Waals surface area contributed by atoms with Gasteiger partial charge in [0.2, 0.25) is 5.91 Å². The quantitative estimate of drug-likeness (QED) is 0.419. The fraction of sp³-hybridized carbons (Fsp3) is 0.654. The van der Waals surface area contributed by atoms with Crippen molar-refractivity contribution in [2.24, 2.45) is 17.3 Å². The number of hydrogen-bond acceptors (Lipinski definition) is 6. The van der Waals surface area contributed by atoms with Crippen LogP contribution in [0.2, 0.25) is 0 Å². The second-order valence-corrected chi connectivity index (χ2v) is 11.8. The van der Waals surface area contributed by atoms with Gasteiger partial charge in [0.1, 0.15) is 17.0 Å². The lowest BCUT2D eigenvalue weighted by molar-refractivity contribution is -0.153. The van der Waals surface area contributed by atoms with Crippen molar-refractivity contribution in [3.8, 4) is 11.8 Å². The van der Waals surface area contributed by atoms with Crippen molar-refractivity contribution in [2.45, 2.75) is 79.8 Å². The Morgan fingerprint density at radius 3 is 2.21 bits per heavy atom. The minimum Gasteiger partial charge on any atom is -0.465 e. The Kier molecular flexibility index (Phi) is 8.75. The number of carbonyl (C=O) groups excluding carboxylic acids is 3. The van der Waals surface area contributed by atoms with E-state index in [1.807, 2.05) is 20.8 Å². The van der Waals surface area contributed by atoms with Crippen LogP contribution in [0.25, 0.3) is 0 Å². The summed E-state index contributed by atoms with van der Waals surface area (Å²) in [7, 11) is 1.30. The Morgan fingerprint density at radius 2 is 1.70 bits per heavy atom. The molecule has 1 amide bonds. The zero-order valence-corrected chi connectivity index (χ0v) is 22.0. The van der Waals surface area contributed by atoms with E-state index >= 15 is 0 Å². The van der Waals surface area contributed by atoms with Crippen LogP contribution in [0.5, 0.6) is 0 Å². The molecule has 1 aromatic heterocycles. The first kappa shape index (κ1) is 26.9. The van der Waals surface area contributed by atoms with Gasteiger partial charge in [0.05, 0.1) is 17.7 Å². The second kappa shape index (κ2) is 10.7. The fourth-order valence-electron chi connectivity index (χ4n) is 3.64. The molecular weight excluding hydrogens is 438 g/mol. The van der Waals surface area contributed by atoms with Crippen LogP contribution in [0.4, 0.5) is 5.69 Å². The summed E-state index contributed by atoms with van der Waals surface area (Å²) in [6.45, 7) is 13.3. The number of anilines is 1. The van der Waals surface area contributed by atoms with Gasteiger partial charge in [-0.25, -0.2) is 4.79 Å². The van der Waals surface area contributed by atoms with Gasteiger partial charge in [0.15, 0.2) is 0 Å². The molecule has 0 bridgehead atoms. The van der Waals surface area contributed by atoms with Crippen LogP contribution in [0.3, 0.4) is 0 Å². The van der Waals surface area contributed by atoms with E-state index in [9.17, 15) is 14.4 Å². The van der Waals surface area contributed by atoms with Crippen molar-refractivity contribution in [1.82, 2.24) is 0 Å². The van der Waals surface area contributed by atoms with Crippen LogP contribution in [-0.4, -0.2) is 37.1 Å². The fourth-order valence-corrected chi connectivity index (χ4v) is 4.58. The molecule has 182 valence electrons. The molecule has 1 fully saturated rings. The minimum atomic E-state index is -0.685. The summed E-state index contributed by atoms with van der Waals surface area (Å²) in [4.78, 5) is 41.3. The molecule has 1 heterocycles. The van der Waals surface area contributed by atoms with Crippen molar-refractivity contribution < 1.29 is 23.9 Å². The summed E-state index contributed by atoms with van der Waals surface area (Å²) in [5.41, 5.74) is -0.546. The molecule has 33 heavy (non-hydrogen) atoms.